The smallest absolute Gasteiger partial charge is 0.223 e. The highest BCUT2D eigenvalue weighted by Crippen LogP contribution is 2.42. The molecule has 2 aromatic carbocycles. The third kappa shape index (κ3) is 5.09. The highest BCUT2D eigenvalue weighted by atomic mass is 16.5. The summed E-state index contributed by atoms with van der Waals surface area (Å²) in [5.74, 6) is 9.62. The van der Waals surface area contributed by atoms with Gasteiger partial charge in [-0.15, -0.1) is 0 Å². The van der Waals surface area contributed by atoms with Gasteiger partial charge in [0.25, 0.3) is 0 Å². The minimum Gasteiger partial charge on any atom is -0.493 e. The second-order valence-corrected chi connectivity index (χ2v) is 9.51. The van der Waals surface area contributed by atoms with E-state index < -0.39 is 5.41 Å². The van der Waals surface area contributed by atoms with Crippen LogP contribution in [0.5, 0.6) is 11.5 Å². The standard InChI is InChI=1S/C29H30N2O4/c1-20-30-28(31-35-20)22-8-5-7-21(17-22)14-16-29(15-6-9-24(32)19-29)23-12-13-26(33-2)27(18-23)34-25-10-3-4-11-25/h5,7-8,12-13,17-18,25H,3-4,6,9-11,15,19H2,1-2H3. The predicted octanol–water partition coefficient (Wildman–Crippen LogP) is 5.81. The number of ketones is 1. The number of aryl methyl sites for hydroxylation is 1. The number of hydrogen-bond acceptors (Lipinski definition) is 6. The molecule has 0 saturated heterocycles. The fraction of sp³-hybridized carbons (Fsp3) is 0.414. The lowest BCUT2D eigenvalue weighted by Crippen LogP contribution is -2.32. The monoisotopic (exact) mass is 470 g/mol. The number of Topliss-reactive ketones (excluding diaryl/α,β-unsaturated/α-hetero) is 1. The number of aromatic nitrogens is 2. The van der Waals surface area contributed by atoms with Crippen molar-refractivity contribution in [1.82, 2.24) is 10.1 Å². The third-order valence-electron chi connectivity index (χ3n) is 6.96. The second-order valence-electron chi connectivity index (χ2n) is 9.51. The number of rotatable bonds is 5. The zero-order chi connectivity index (χ0) is 24.3. The molecule has 0 amide bonds. The van der Waals surface area contributed by atoms with E-state index in [1.165, 1.54) is 12.8 Å². The first-order valence-electron chi connectivity index (χ1n) is 12.4. The molecule has 180 valence electrons. The molecular formula is C29H30N2O4. The predicted molar refractivity (Wildman–Crippen MR) is 132 cm³/mol. The van der Waals surface area contributed by atoms with E-state index >= 15 is 0 Å². The minimum absolute atomic E-state index is 0.214. The Bertz CT molecular complexity index is 1280. The average molecular weight is 471 g/mol. The molecule has 6 nitrogen and oxygen atoms in total. The van der Waals surface area contributed by atoms with Crippen molar-refractivity contribution in [2.75, 3.05) is 7.11 Å². The maximum atomic E-state index is 12.6. The first-order valence-corrected chi connectivity index (χ1v) is 12.4. The van der Waals surface area contributed by atoms with Gasteiger partial charge < -0.3 is 14.0 Å². The van der Waals surface area contributed by atoms with Gasteiger partial charge >= 0.3 is 0 Å². The first kappa shape index (κ1) is 23.2. The molecule has 0 radical (unpaired) electrons. The Kier molecular flexibility index (Phi) is 6.59. The maximum Gasteiger partial charge on any atom is 0.223 e. The highest BCUT2D eigenvalue weighted by molar-refractivity contribution is 5.82. The normalized spacial score (nSPS) is 20.3. The lowest BCUT2D eigenvalue weighted by Gasteiger charge is -2.33. The van der Waals surface area contributed by atoms with E-state index in [1.54, 1.807) is 14.0 Å². The molecule has 6 heteroatoms. The number of nitrogens with zero attached hydrogens (tertiary/aromatic N) is 2. The van der Waals surface area contributed by atoms with Gasteiger partial charge in [0.2, 0.25) is 11.7 Å². The fourth-order valence-electron chi connectivity index (χ4n) is 5.12. The molecular weight excluding hydrogens is 440 g/mol. The number of ether oxygens (including phenoxy) is 2. The molecule has 1 atom stereocenters. The molecule has 0 bridgehead atoms. The van der Waals surface area contributed by atoms with Gasteiger partial charge in [-0.25, -0.2) is 0 Å². The van der Waals surface area contributed by atoms with Crippen LogP contribution in [0.4, 0.5) is 0 Å². The van der Waals surface area contributed by atoms with E-state index in [9.17, 15) is 4.79 Å². The van der Waals surface area contributed by atoms with E-state index in [0.717, 1.165) is 48.1 Å². The van der Waals surface area contributed by atoms with Gasteiger partial charge in [-0.05, 0) is 68.4 Å². The highest BCUT2D eigenvalue weighted by Gasteiger charge is 2.37. The van der Waals surface area contributed by atoms with Crippen molar-refractivity contribution < 1.29 is 18.8 Å². The molecule has 1 heterocycles. The molecule has 2 fully saturated rings. The topological polar surface area (TPSA) is 74.5 Å². The summed E-state index contributed by atoms with van der Waals surface area (Å²) in [6.07, 6.45) is 7.38. The molecule has 0 N–H and O–H groups in total. The Morgan fingerprint density at radius 3 is 2.69 bits per heavy atom. The summed E-state index contributed by atoms with van der Waals surface area (Å²) in [4.78, 5) is 17.0. The van der Waals surface area contributed by atoms with Crippen LogP contribution in [0.25, 0.3) is 11.4 Å². The van der Waals surface area contributed by atoms with E-state index in [4.69, 9.17) is 14.0 Å². The summed E-state index contributed by atoms with van der Waals surface area (Å²) in [5, 5.41) is 4.01. The van der Waals surface area contributed by atoms with E-state index in [-0.39, 0.29) is 11.9 Å². The first-order chi connectivity index (χ1) is 17.0. The molecule has 2 aliphatic rings. The van der Waals surface area contributed by atoms with Gasteiger partial charge in [-0.1, -0.05) is 35.2 Å². The zero-order valence-corrected chi connectivity index (χ0v) is 20.3. The molecule has 3 aromatic rings. The van der Waals surface area contributed by atoms with Crippen LogP contribution in [0.1, 0.15) is 68.4 Å². The van der Waals surface area contributed by atoms with E-state index in [1.807, 2.05) is 42.5 Å². The fourth-order valence-corrected chi connectivity index (χ4v) is 5.12. The SMILES string of the molecule is COc1ccc(C2(C#Cc3cccc(-c4noc(C)n4)c3)CCCC(=O)C2)cc1OC1CCCC1. The number of hydrogen-bond donors (Lipinski definition) is 0. The van der Waals surface area contributed by atoms with Crippen molar-refractivity contribution in [2.45, 2.75) is 69.8 Å². The summed E-state index contributed by atoms with van der Waals surface area (Å²) in [5.41, 5.74) is 2.14. The molecule has 35 heavy (non-hydrogen) atoms. The number of benzene rings is 2. The van der Waals surface area contributed by atoms with Crippen molar-refractivity contribution in [1.29, 1.82) is 0 Å². The lowest BCUT2D eigenvalue weighted by atomic mass is 9.69. The summed E-state index contributed by atoms with van der Waals surface area (Å²) >= 11 is 0. The molecule has 1 unspecified atom stereocenters. The van der Waals surface area contributed by atoms with E-state index in [2.05, 4.69) is 22.0 Å². The van der Waals surface area contributed by atoms with Gasteiger partial charge in [0.1, 0.15) is 5.78 Å². The van der Waals surface area contributed by atoms with Crippen molar-refractivity contribution >= 4 is 5.78 Å². The van der Waals surface area contributed by atoms with Gasteiger partial charge in [0.15, 0.2) is 11.5 Å². The van der Waals surface area contributed by atoms with Crippen molar-refractivity contribution in [2.24, 2.45) is 0 Å². The van der Waals surface area contributed by atoms with Crippen molar-refractivity contribution in [3.63, 3.8) is 0 Å². The Hall–Kier alpha value is -3.59. The molecule has 0 spiro atoms. The van der Waals surface area contributed by atoms with Gasteiger partial charge in [0, 0.05) is 30.9 Å². The summed E-state index contributed by atoms with van der Waals surface area (Å²) in [6.45, 7) is 1.77. The van der Waals surface area contributed by atoms with Crippen LogP contribution in [0.15, 0.2) is 47.0 Å². The van der Waals surface area contributed by atoms with Crippen LogP contribution in [0.2, 0.25) is 0 Å². The minimum atomic E-state index is -0.561. The Balaban J connectivity index is 1.51. The summed E-state index contributed by atoms with van der Waals surface area (Å²) < 4.78 is 17.1. The molecule has 5 rings (SSSR count). The van der Waals surface area contributed by atoms with Gasteiger partial charge in [0.05, 0.1) is 18.6 Å². The number of carbonyl (C=O) groups is 1. The maximum absolute atomic E-state index is 12.6. The van der Waals surface area contributed by atoms with Crippen LogP contribution in [-0.2, 0) is 10.2 Å². The van der Waals surface area contributed by atoms with Crippen molar-refractivity contribution in [3.8, 4) is 34.7 Å². The Labute approximate surface area is 206 Å². The average Bonchev–Trinajstić information content (AvgIpc) is 3.55. The zero-order valence-electron chi connectivity index (χ0n) is 20.3. The quantitative estimate of drug-likeness (QED) is 0.438. The Morgan fingerprint density at radius 1 is 1.09 bits per heavy atom. The van der Waals surface area contributed by atoms with Crippen LogP contribution < -0.4 is 9.47 Å². The lowest BCUT2D eigenvalue weighted by molar-refractivity contribution is -0.121. The Morgan fingerprint density at radius 2 is 1.94 bits per heavy atom. The van der Waals surface area contributed by atoms with Gasteiger partial charge in [-0.3, -0.25) is 4.79 Å². The van der Waals surface area contributed by atoms with Crippen LogP contribution in [0.3, 0.4) is 0 Å². The van der Waals surface area contributed by atoms with Gasteiger partial charge in [-0.2, -0.15) is 4.98 Å². The van der Waals surface area contributed by atoms with E-state index in [0.29, 0.717) is 30.3 Å². The van der Waals surface area contributed by atoms with Crippen molar-refractivity contribution in [3.05, 3.63) is 59.5 Å². The molecule has 2 saturated carbocycles. The summed E-state index contributed by atoms with van der Waals surface area (Å²) in [7, 11) is 1.66. The number of carbonyl (C=O) groups excluding carboxylic acids is 1. The second kappa shape index (κ2) is 9.95. The molecule has 1 aromatic heterocycles. The molecule has 2 aliphatic carbocycles. The van der Waals surface area contributed by atoms with Crippen LogP contribution in [-0.4, -0.2) is 29.1 Å². The third-order valence-corrected chi connectivity index (χ3v) is 6.96. The van der Waals surface area contributed by atoms with Crippen LogP contribution >= 0.6 is 0 Å². The van der Waals surface area contributed by atoms with Crippen LogP contribution in [0, 0.1) is 18.8 Å². The summed E-state index contributed by atoms with van der Waals surface area (Å²) in [6, 6.07) is 13.8. The molecule has 0 aliphatic heterocycles. The largest absolute Gasteiger partial charge is 0.493 e. The number of methoxy groups -OCH3 is 1.